The maximum Gasteiger partial charge on any atom is 0.0753 e. The minimum atomic E-state index is 0.305. The van der Waals surface area contributed by atoms with E-state index in [0.717, 1.165) is 24.1 Å². The molecule has 3 nitrogen and oxygen atoms in total. The van der Waals surface area contributed by atoms with Gasteiger partial charge in [-0.1, -0.05) is 26.2 Å². The second-order valence-electron chi connectivity index (χ2n) is 5.73. The van der Waals surface area contributed by atoms with E-state index in [2.05, 4.69) is 29.1 Å². The first-order chi connectivity index (χ1) is 8.75. The third kappa shape index (κ3) is 4.05. The summed E-state index contributed by atoms with van der Waals surface area (Å²) in [6.07, 6.45) is 12.3. The lowest BCUT2D eigenvalue weighted by molar-refractivity contribution is 0.265. The van der Waals surface area contributed by atoms with E-state index in [9.17, 15) is 0 Å². The molecule has 0 aliphatic heterocycles. The van der Waals surface area contributed by atoms with E-state index >= 15 is 0 Å². The van der Waals surface area contributed by atoms with E-state index in [1.165, 1.54) is 32.1 Å². The SMILES string of the molecule is CC1CCCC(CCNC(C)c2cnccn2)C1. The quantitative estimate of drug-likeness (QED) is 0.867. The van der Waals surface area contributed by atoms with Crippen molar-refractivity contribution in [1.29, 1.82) is 0 Å². The van der Waals surface area contributed by atoms with E-state index < -0.39 is 0 Å². The van der Waals surface area contributed by atoms with Gasteiger partial charge in [-0.15, -0.1) is 0 Å². The lowest BCUT2D eigenvalue weighted by Gasteiger charge is -2.27. The molecule has 3 heteroatoms. The molecule has 0 bridgehead atoms. The molecule has 0 saturated heterocycles. The Morgan fingerprint density at radius 1 is 1.39 bits per heavy atom. The topological polar surface area (TPSA) is 37.8 Å². The lowest BCUT2D eigenvalue weighted by Crippen LogP contribution is -2.24. The summed E-state index contributed by atoms with van der Waals surface area (Å²) in [5.41, 5.74) is 1.04. The summed E-state index contributed by atoms with van der Waals surface area (Å²) in [6.45, 7) is 5.64. The molecule has 100 valence electrons. The molecule has 3 atom stereocenters. The van der Waals surface area contributed by atoms with Gasteiger partial charge in [-0.2, -0.15) is 0 Å². The minimum Gasteiger partial charge on any atom is -0.309 e. The van der Waals surface area contributed by atoms with Gasteiger partial charge in [0.1, 0.15) is 0 Å². The number of nitrogens with zero attached hydrogens (tertiary/aromatic N) is 2. The van der Waals surface area contributed by atoms with Crippen LogP contribution in [0.2, 0.25) is 0 Å². The Kier molecular flexibility index (Phi) is 5.12. The van der Waals surface area contributed by atoms with Gasteiger partial charge in [0.2, 0.25) is 0 Å². The van der Waals surface area contributed by atoms with E-state index in [-0.39, 0.29) is 0 Å². The molecule has 0 aromatic carbocycles. The molecule has 0 amide bonds. The van der Waals surface area contributed by atoms with Crippen LogP contribution in [0.25, 0.3) is 0 Å². The molecule has 1 aromatic rings. The van der Waals surface area contributed by atoms with Crippen molar-refractivity contribution in [1.82, 2.24) is 15.3 Å². The fourth-order valence-corrected chi connectivity index (χ4v) is 2.96. The van der Waals surface area contributed by atoms with Gasteiger partial charge in [-0.05, 0) is 38.1 Å². The van der Waals surface area contributed by atoms with Crippen molar-refractivity contribution in [3.8, 4) is 0 Å². The van der Waals surface area contributed by atoms with Crippen LogP contribution >= 0.6 is 0 Å². The van der Waals surface area contributed by atoms with Gasteiger partial charge in [0.25, 0.3) is 0 Å². The van der Waals surface area contributed by atoms with Gasteiger partial charge < -0.3 is 5.32 Å². The van der Waals surface area contributed by atoms with Crippen LogP contribution in [0.4, 0.5) is 0 Å². The third-order valence-corrected chi connectivity index (χ3v) is 4.07. The zero-order valence-electron chi connectivity index (χ0n) is 11.6. The molecular weight excluding hydrogens is 222 g/mol. The number of hydrogen-bond acceptors (Lipinski definition) is 3. The molecule has 2 rings (SSSR count). The van der Waals surface area contributed by atoms with Crippen LogP contribution < -0.4 is 5.32 Å². The molecular formula is C15H25N3. The van der Waals surface area contributed by atoms with Crippen LogP contribution in [0.3, 0.4) is 0 Å². The van der Waals surface area contributed by atoms with E-state index in [1.54, 1.807) is 12.4 Å². The zero-order chi connectivity index (χ0) is 12.8. The molecule has 1 aliphatic rings. The second kappa shape index (κ2) is 6.83. The summed E-state index contributed by atoms with van der Waals surface area (Å²) in [5, 5.41) is 3.56. The molecule has 1 saturated carbocycles. The van der Waals surface area contributed by atoms with Crippen LogP contribution in [-0.2, 0) is 0 Å². The third-order valence-electron chi connectivity index (χ3n) is 4.07. The molecule has 1 aromatic heterocycles. The summed E-state index contributed by atoms with van der Waals surface area (Å²) in [5.74, 6) is 1.86. The van der Waals surface area contributed by atoms with Gasteiger partial charge in [-0.3, -0.25) is 9.97 Å². The normalized spacial score (nSPS) is 25.9. The smallest absolute Gasteiger partial charge is 0.0753 e. The average Bonchev–Trinajstić information content (AvgIpc) is 2.40. The van der Waals surface area contributed by atoms with Crippen LogP contribution in [0.5, 0.6) is 0 Å². The Bertz CT molecular complexity index is 339. The highest BCUT2D eigenvalue weighted by molar-refractivity contribution is 5.00. The maximum atomic E-state index is 4.33. The van der Waals surface area contributed by atoms with Crippen molar-refractivity contribution in [2.75, 3.05) is 6.54 Å². The molecule has 1 heterocycles. The van der Waals surface area contributed by atoms with Crippen molar-refractivity contribution in [2.24, 2.45) is 11.8 Å². The summed E-state index contributed by atoms with van der Waals surface area (Å²) >= 11 is 0. The lowest BCUT2D eigenvalue weighted by atomic mass is 9.81. The van der Waals surface area contributed by atoms with Gasteiger partial charge in [0, 0.05) is 24.6 Å². The highest BCUT2D eigenvalue weighted by Gasteiger charge is 2.18. The first-order valence-corrected chi connectivity index (χ1v) is 7.25. The molecule has 0 spiro atoms. The monoisotopic (exact) mass is 247 g/mol. The van der Waals surface area contributed by atoms with Crippen molar-refractivity contribution in [3.05, 3.63) is 24.3 Å². The Labute approximate surface area is 110 Å². The summed E-state index contributed by atoms with van der Waals surface area (Å²) in [6, 6.07) is 0.305. The first-order valence-electron chi connectivity index (χ1n) is 7.25. The number of nitrogens with one attached hydrogen (secondary N) is 1. The number of hydrogen-bond donors (Lipinski definition) is 1. The Hall–Kier alpha value is -0.960. The average molecular weight is 247 g/mol. The summed E-state index contributed by atoms with van der Waals surface area (Å²) in [7, 11) is 0. The first kappa shape index (κ1) is 13.5. The van der Waals surface area contributed by atoms with Crippen LogP contribution in [-0.4, -0.2) is 16.5 Å². The standard InChI is InChI=1S/C15H25N3/c1-12-4-3-5-14(10-12)6-7-17-13(2)15-11-16-8-9-18-15/h8-9,11-14,17H,3-7,10H2,1-2H3. The molecule has 1 N–H and O–H groups in total. The van der Waals surface area contributed by atoms with Gasteiger partial charge in [-0.25, -0.2) is 0 Å². The van der Waals surface area contributed by atoms with E-state index in [4.69, 9.17) is 0 Å². The van der Waals surface area contributed by atoms with Crippen molar-refractivity contribution in [3.63, 3.8) is 0 Å². The number of rotatable bonds is 5. The van der Waals surface area contributed by atoms with Crippen LogP contribution in [0.1, 0.15) is 57.7 Å². The molecule has 1 fully saturated rings. The Morgan fingerprint density at radius 2 is 2.28 bits per heavy atom. The van der Waals surface area contributed by atoms with E-state index in [1.807, 2.05) is 6.20 Å². The molecule has 1 aliphatic carbocycles. The summed E-state index contributed by atoms with van der Waals surface area (Å²) in [4.78, 5) is 8.44. The zero-order valence-corrected chi connectivity index (χ0v) is 11.6. The van der Waals surface area contributed by atoms with Crippen molar-refractivity contribution >= 4 is 0 Å². The molecule has 3 unspecified atom stereocenters. The predicted molar refractivity (Wildman–Crippen MR) is 74.2 cm³/mol. The summed E-state index contributed by atoms with van der Waals surface area (Å²) < 4.78 is 0. The highest BCUT2D eigenvalue weighted by Crippen LogP contribution is 2.30. The van der Waals surface area contributed by atoms with Gasteiger partial charge in [0.05, 0.1) is 5.69 Å². The van der Waals surface area contributed by atoms with Crippen LogP contribution in [0, 0.1) is 11.8 Å². The fraction of sp³-hybridized carbons (Fsp3) is 0.733. The molecule has 18 heavy (non-hydrogen) atoms. The maximum absolute atomic E-state index is 4.33. The van der Waals surface area contributed by atoms with Crippen LogP contribution in [0.15, 0.2) is 18.6 Å². The van der Waals surface area contributed by atoms with Gasteiger partial charge >= 0.3 is 0 Å². The Balaban J connectivity index is 1.69. The Morgan fingerprint density at radius 3 is 3.00 bits per heavy atom. The largest absolute Gasteiger partial charge is 0.309 e. The van der Waals surface area contributed by atoms with E-state index in [0.29, 0.717) is 6.04 Å². The number of aromatic nitrogens is 2. The molecule has 0 radical (unpaired) electrons. The van der Waals surface area contributed by atoms with Crippen molar-refractivity contribution < 1.29 is 0 Å². The second-order valence-corrected chi connectivity index (χ2v) is 5.73. The van der Waals surface area contributed by atoms with Crippen molar-refractivity contribution in [2.45, 2.75) is 52.0 Å². The predicted octanol–water partition coefficient (Wildman–Crippen LogP) is 3.34. The van der Waals surface area contributed by atoms with Gasteiger partial charge in [0.15, 0.2) is 0 Å². The minimum absolute atomic E-state index is 0.305. The fourth-order valence-electron chi connectivity index (χ4n) is 2.96. The highest BCUT2D eigenvalue weighted by atomic mass is 14.9.